The molecule has 0 saturated carbocycles. The third-order valence-electron chi connectivity index (χ3n) is 5.04. The molecule has 19 heavy (non-hydrogen) atoms. The molecule has 0 radical (unpaired) electrons. The number of rotatable bonds is 1. The molecule has 2 aliphatic rings. The van der Waals surface area contributed by atoms with Crippen LogP contribution in [0.1, 0.15) is 25.8 Å². The molecular weight excluding hydrogens is 246 g/mol. The van der Waals surface area contributed by atoms with Gasteiger partial charge in [-0.2, -0.15) is 0 Å². The molecule has 0 aliphatic carbocycles. The van der Waals surface area contributed by atoms with E-state index < -0.39 is 4.92 Å². The summed E-state index contributed by atoms with van der Waals surface area (Å²) in [5.74, 6) is -0.0452. The minimum atomic E-state index is -0.428. The molecule has 0 bridgehead atoms. The summed E-state index contributed by atoms with van der Waals surface area (Å²) < 4.78 is 0. The Hall–Kier alpha value is -1.82. The summed E-state index contributed by atoms with van der Waals surface area (Å²) in [7, 11) is 1.87. The molecule has 1 aromatic rings. The topological polar surface area (TPSA) is 78.6 Å². The molecule has 0 amide bonds. The number of phenolic OH excluding ortho intramolecular Hbond substituents is 1. The zero-order valence-corrected chi connectivity index (χ0v) is 11.2. The van der Waals surface area contributed by atoms with E-state index in [2.05, 4.69) is 19.2 Å². The van der Waals surface area contributed by atoms with Crippen LogP contribution in [0.15, 0.2) is 12.1 Å². The van der Waals surface area contributed by atoms with Gasteiger partial charge in [0.05, 0.1) is 16.7 Å². The van der Waals surface area contributed by atoms with Gasteiger partial charge < -0.3 is 10.0 Å². The number of hydrogen-bond acceptors (Lipinski definition) is 5. The molecule has 6 nitrogen and oxygen atoms in total. The fourth-order valence-corrected chi connectivity index (χ4v) is 3.62. The van der Waals surface area contributed by atoms with E-state index in [1.165, 1.54) is 6.07 Å². The van der Waals surface area contributed by atoms with E-state index in [0.717, 1.165) is 18.5 Å². The van der Waals surface area contributed by atoms with Gasteiger partial charge in [-0.3, -0.25) is 15.4 Å². The SMILES string of the molecule is CN1c2c([N+](=O)[O-])cc(O)cc2[C@]2(C)CCN[C@]12C. The zero-order chi connectivity index (χ0) is 14.0. The van der Waals surface area contributed by atoms with E-state index in [4.69, 9.17) is 0 Å². The molecule has 2 heterocycles. The molecule has 0 aromatic heterocycles. The number of benzene rings is 1. The van der Waals surface area contributed by atoms with Crippen LogP contribution in [0.2, 0.25) is 0 Å². The van der Waals surface area contributed by atoms with Crippen molar-refractivity contribution in [2.24, 2.45) is 0 Å². The van der Waals surface area contributed by atoms with Crippen molar-refractivity contribution in [2.75, 3.05) is 18.5 Å². The maximum Gasteiger partial charge on any atom is 0.296 e. The highest BCUT2D eigenvalue weighted by Crippen LogP contribution is 2.57. The quantitative estimate of drug-likeness (QED) is 0.595. The van der Waals surface area contributed by atoms with Gasteiger partial charge in [0.25, 0.3) is 5.69 Å². The number of nitro benzene ring substituents is 1. The van der Waals surface area contributed by atoms with Crippen molar-refractivity contribution < 1.29 is 10.0 Å². The monoisotopic (exact) mass is 263 g/mol. The van der Waals surface area contributed by atoms with E-state index in [0.29, 0.717) is 5.69 Å². The number of nitro groups is 1. The number of aromatic hydroxyl groups is 1. The van der Waals surface area contributed by atoms with Crippen molar-refractivity contribution >= 4 is 11.4 Å². The van der Waals surface area contributed by atoms with Gasteiger partial charge >= 0.3 is 0 Å². The van der Waals surface area contributed by atoms with Crippen LogP contribution in [0.25, 0.3) is 0 Å². The van der Waals surface area contributed by atoms with Crippen LogP contribution in [0, 0.1) is 10.1 Å². The smallest absolute Gasteiger partial charge is 0.296 e. The number of hydrogen-bond donors (Lipinski definition) is 2. The molecule has 2 N–H and O–H groups in total. The lowest BCUT2D eigenvalue weighted by molar-refractivity contribution is -0.384. The van der Waals surface area contributed by atoms with Crippen LogP contribution in [0.5, 0.6) is 5.75 Å². The van der Waals surface area contributed by atoms with Gasteiger partial charge in [-0.05, 0) is 31.5 Å². The van der Waals surface area contributed by atoms with Crippen molar-refractivity contribution in [1.29, 1.82) is 0 Å². The molecule has 2 atom stereocenters. The molecule has 1 fully saturated rings. The van der Waals surface area contributed by atoms with E-state index in [9.17, 15) is 15.2 Å². The first-order valence-corrected chi connectivity index (χ1v) is 6.32. The number of phenols is 1. The summed E-state index contributed by atoms with van der Waals surface area (Å²) in [5, 5.41) is 24.5. The predicted molar refractivity (Wildman–Crippen MR) is 71.5 cm³/mol. The van der Waals surface area contributed by atoms with Crippen molar-refractivity contribution in [3.05, 3.63) is 27.8 Å². The average Bonchev–Trinajstić information content (AvgIpc) is 2.72. The van der Waals surface area contributed by atoms with Crippen molar-refractivity contribution in [2.45, 2.75) is 31.3 Å². The number of nitrogens with zero attached hydrogens (tertiary/aromatic N) is 2. The number of nitrogens with one attached hydrogen (secondary N) is 1. The van der Waals surface area contributed by atoms with E-state index in [-0.39, 0.29) is 22.5 Å². The summed E-state index contributed by atoms with van der Waals surface area (Å²) in [6.45, 7) is 5.01. The van der Waals surface area contributed by atoms with E-state index in [1.54, 1.807) is 6.07 Å². The number of likely N-dealkylation sites (N-methyl/N-ethyl adjacent to an activating group) is 1. The lowest BCUT2D eigenvalue weighted by atomic mass is 9.75. The summed E-state index contributed by atoms with van der Waals surface area (Å²) in [5.41, 5.74) is 0.847. The third kappa shape index (κ3) is 1.24. The van der Waals surface area contributed by atoms with Gasteiger partial charge in [-0.1, -0.05) is 6.92 Å². The van der Waals surface area contributed by atoms with Crippen LogP contribution in [0.3, 0.4) is 0 Å². The lowest BCUT2D eigenvalue weighted by Gasteiger charge is -2.39. The lowest BCUT2D eigenvalue weighted by Crippen LogP contribution is -2.57. The molecule has 3 rings (SSSR count). The Bertz CT molecular complexity index is 589. The Morgan fingerprint density at radius 1 is 1.47 bits per heavy atom. The molecule has 0 unspecified atom stereocenters. The maximum absolute atomic E-state index is 11.2. The van der Waals surface area contributed by atoms with Crippen LogP contribution in [0.4, 0.5) is 11.4 Å². The highest BCUT2D eigenvalue weighted by molar-refractivity contribution is 5.78. The van der Waals surface area contributed by atoms with Crippen molar-refractivity contribution in [1.82, 2.24) is 5.32 Å². The summed E-state index contributed by atoms with van der Waals surface area (Å²) in [6, 6.07) is 2.89. The second kappa shape index (κ2) is 3.39. The predicted octanol–water partition coefficient (Wildman–Crippen LogP) is 1.72. The maximum atomic E-state index is 11.2. The zero-order valence-electron chi connectivity index (χ0n) is 11.2. The van der Waals surface area contributed by atoms with Crippen LogP contribution in [-0.2, 0) is 5.41 Å². The number of fused-ring (bicyclic) bond motifs is 3. The van der Waals surface area contributed by atoms with Crippen molar-refractivity contribution in [3.63, 3.8) is 0 Å². The fraction of sp³-hybridized carbons (Fsp3) is 0.538. The molecule has 102 valence electrons. The molecule has 1 aromatic carbocycles. The normalized spacial score (nSPS) is 32.3. The summed E-state index contributed by atoms with van der Waals surface area (Å²) in [6.07, 6.45) is 0.890. The minimum absolute atomic E-state index is 0.0313. The summed E-state index contributed by atoms with van der Waals surface area (Å²) >= 11 is 0. The molecule has 0 spiro atoms. The van der Waals surface area contributed by atoms with Gasteiger partial charge in [0, 0.05) is 12.5 Å². The minimum Gasteiger partial charge on any atom is -0.508 e. The third-order valence-corrected chi connectivity index (χ3v) is 5.04. The van der Waals surface area contributed by atoms with Gasteiger partial charge in [0.1, 0.15) is 11.4 Å². The largest absolute Gasteiger partial charge is 0.508 e. The standard InChI is InChI=1S/C13H17N3O3/c1-12-4-5-14-13(12,2)15(3)11-9(12)6-8(17)7-10(11)16(18)19/h6-7,14,17H,4-5H2,1-3H3/t12-,13+/m0/s1. The van der Waals surface area contributed by atoms with Gasteiger partial charge in [-0.25, -0.2) is 0 Å². The van der Waals surface area contributed by atoms with Crippen LogP contribution >= 0.6 is 0 Å². The second-order valence-electron chi connectivity index (χ2n) is 5.76. The highest BCUT2D eigenvalue weighted by atomic mass is 16.6. The Labute approximate surface area is 111 Å². The molecule has 6 heteroatoms. The van der Waals surface area contributed by atoms with Crippen molar-refractivity contribution in [3.8, 4) is 5.75 Å². The fourth-order valence-electron chi connectivity index (χ4n) is 3.62. The Morgan fingerprint density at radius 3 is 2.79 bits per heavy atom. The number of anilines is 1. The van der Waals surface area contributed by atoms with Crippen LogP contribution in [-0.4, -0.2) is 29.3 Å². The summed E-state index contributed by atoms with van der Waals surface area (Å²) in [4.78, 5) is 12.7. The Morgan fingerprint density at radius 2 is 2.16 bits per heavy atom. The van der Waals surface area contributed by atoms with Crippen LogP contribution < -0.4 is 10.2 Å². The Kier molecular flexibility index (Phi) is 2.18. The van der Waals surface area contributed by atoms with Gasteiger partial charge in [-0.15, -0.1) is 0 Å². The second-order valence-corrected chi connectivity index (χ2v) is 5.76. The first-order chi connectivity index (χ1) is 8.81. The van der Waals surface area contributed by atoms with Gasteiger partial charge in [0.15, 0.2) is 0 Å². The van der Waals surface area contributed by atoms with Gasteiger partial charge in [0.2, 0.25) is 0 Å². The highest BCUT2D eigenvalue weighted by Gasteiger charge is 2.60. The molecule has 1 saturated heterocycles. The first-order valence-electron chi connectivity index (χ1n) is 6.32. The van der Waals surface area contributed by atoms with E-state index >= 15 is 0 Å². The average molecular weight is 263 g/mol. The first kappa shape index (κ1) is 12.2. The Balaban J connectivity index is 2.34. The molecular formula is C13H17N3O3. The van der Waals surface area contributed by atoms with E-state index in [1.807, 2.05) is 11.9 Å². The molecule has 2 aliphatic heterocycles.